The summed E-state index contributed by atoms with van der Waals surface area (Å²) >= 11 is 0. The molecular weight excluding hydrogens is 544 g/mol. The summed E-state index contributed by atoms with van der Waals surface area (Å²) in [5.74, 6) is -0.832. The third-order valence-electron chi connectivity index (χ3n) is 7.91. The Bertz CT molecular complexity index is 1350. The molecule has 9 nitrogen and oxygen atoms in total. The van der Waals surface area contributed by atoms with Crippen molar-refractivity contribution in [2.45, 2.75) is 98.3 Å². The summed E-state index contributed by atoms with van der Waals surface area (Å²) in [5, 5.41) is 5.69. The molecule has 43 heavy (non-hydrogen) atoms. The van der Waals surface area contributed by atoms with E-state index < -0.39 is 29.1 Å². The molecule has 0 spiro atoms. The largest absolute Gasteiger partial charge is 0.456 e. The third-order valence-corrected chi connectivity index (χ3v) is 7.91. The van der Waals surface area contributed by atoms with Crippen molar-refractivity contribution in [2.24, 2.45) is 5.41 Å². The normalized spacial score (nSPS) is 18.0. The number of nitrogens with one attached hydrogen (secondary N) is 2. The minimum atomic E-state index is -0.886. The van der Waals surface area contributed by atoms with Crippen molar-refractivity contribution < 1.29 is 23.9 Å². The van der Waals surface area contributed by atoms with Crippen molar-refractivity contribution in [3.63, 3.8) is 0 Å². The van der Waals surface area contributed by atoms with Crippen molar-refractivity contribution in [1.29, 1.82) is 0 Å². The van der Waals surface area contributed by atoms with Crippen molar-refractivity contribution in [3.8, 4) is 0 Å². The van der Waals surface area contributed by atoms with Crippen LogP contribution in [0.3, 0.4) is 0 Å². The molecule has 1 aliphatic heterocycles. The summed E-state index contributed by atoms with van der Waals surface area (Å²) in [5.41, 5.74) is 2.19. The molecule has 1 aliphatic carbocycles. The lowest BCUT2D eigenvalue weighted by molar-refractivity contribution is -0.127. The monoisotopic (exact) mass is 590 g/mol. The maximum atomic E-state index is 14.2. The number of ketones is 1. The predicted octanol–water partition coefficient (Wildman–Crippen LogP) is 6.24. The fraction of sp³-hybridized carbons (Fsp3) is 0.529. The number of hydrogen-bond acceptors (Lipinski definition) is 6. The standard InChI is InChI=1S/C34H46N4O5/c1-22-13-18-27-28(19-22)38(21-29(39)33(2,3)4)30(40)26(20-37(27)25-11-9-8-10-12-25)36-32(42)35-24-16-14-23(15-17-24)31(41)43-34(5,6)7/h13-19,25-26H,8-12,20-21H2,1-7H3,(H2,35,36,42). The van der Waals surface area contributed by atoms with Gasteiger partial charge in [-0.15, -0.1) is 0 Å². The van der Waals surface area contributed by atoms with Crippen LogP contribution in [0.15, 0.2) is 42.5 Å². The Morgan fingerprint density at radius 3 is 2.16 bits per heavy atom. The van der Waals surface area contributed by atoms with Crippen molar-refractivity contribution in [1.82, 2.24) is 5.32 Å². The van der Waals surface area contributed by atoms with E-state index in [1.165, 1.54) is 6.42 Å². The molecular formula is C34H46N4O5. The molecule has 3 amide bonds. The second kappa shape index (κ2) is 12.8. The molecule has 232 valence electrons. The number of hydrogen-bond donors (Lipinski definition) is 2. The van der Waals surface area contributed by atoms with Gasteiger partial charge in [-0.2, -0.15) is 0 Å². The van der Waals surface area contributed by atoms with Crippen LogP contribution in [0.5, 0.6) is 0 Å². The first-order chi connectivity index (χ1) is 20.1. The fourth-order valence-corrected chi connectivity index (χ4v) is 5.51. The highest BCUT2D eigenvalue weighted by molar-refractivity contribution is 6.08. The van der Waals surface area contributed by atoms with E-state index in [9.17, 15) is 19.2 Å². The molecule has 2 N–H and O–H groups in total. The maximum Gasteiger partial charge on any atom is 0.338 e. The molecule has 0 radical (unpaired) electrons. The van der Waals surface area contributed by atoms with Gasteiger partial charge in [-0.25, -0.2) is 9.59 Å². The zero-order valence-electron chi connectivity index (χ0n) is 26.6. The lowest BCUT2D eigenvalue weighted by Crippen LogP contribution is -2.55. The Balaban J connectivity index is 1.60. The maximum absolute atomic E-state index is 14.2. The van der Waals surface area contributed by atoms with Gasteiger partial charge >= 0.3 is 12.0 Å². The molecule has 2 aromatic carbocycles. The number of anilines is 3. The van der Waals surface area contributed by atoms with Gasteiger partial charge in [0.1, 0.15) is 11.6 Å². The first-order valence-corrected chi connectivity index (χ1v) is 15.3. The van der Waals surface area contributed by atoms with Crippen LogP contribution in [-0.4, -0.2) is 54.5 Å². The predicted molar refractivity (Wildman–Crippen MR) is 170 cm³/mol. The summed E-state index contributed by atoms with van der Waals surface area (Å²) in [7, 11) is 0. The van der Waals surface area contributed by atoms with E-state index in [-0.39, 0.29) is 24.3 Å². The SMILES string of the molecule is Cc1ccc2c(c1)N(CC(=O)C(C)(C)C)C(=O)C(NC(=O)Nc1ccc(C(=O)OC(C)(C)C)cc1)CN2C1CCCCC1. The molecule has 0 aromatic heterocycles. The number of fused-ring (bicyclic) bond motifs is 1. The molecule has 4 rings (SSSR count). The van der Waals surface area contributed by atoms with Gasteiger partial charge in [0.25, 0.3) is 5.91 Å². The Kier molecular flexibility index (Phi) is 9.52. The summed E-state index contributed by atoms with van der Waals surface area (Å²) in [6, 6.07) is 11.3. The molecule has 1 unspecified atom stereocenters. The summed E-state index contributed by atoms with van der Waals surface area (Å²) in [6.45, 7) is 13.1. The number of benzene rings is 2. The number of Topliss-reactive ketones (excluding diaryl/α,β-unsaturated/α-hetero) is 1. The first-order valence-electron chi connectivity index (χ1n) is 15.3. The van der Waals surface area contributed by atoms with E-state index in [0.29, 0.717) is 23.5 Å². The number of carbonyl (C=O) groups excluding carboxylic acids is 4. The van der Waals surface area contributed by atoms with Gasteiger partial charge in [-0.05, 0) is 82.5 Å². The highest BCUT2D eigenvalue weighted by Gasteiger charge is 2.39. The minimum absolute atomic E-state index is 0.0623. The van der Waals surface area contributed by atoms with Gasteiger partial charge in [-0.3, -0.25) is 9.59 Å². The number of esters is 1. The Morgan fingerprint density at radius 2 is 1.56 bits per heavy atom. The van der Waals surface area contributed by atoms with Crippen LogP contribution < -0.4 is 20.4 Å². The number of amides is 3. The smallest absolute Gasteiger partial charge is 0.338 e. The van der Waals surface area contributed by atoms with Crippen LogP contribution in [0.2, 0.25) is 0 Å². The molecule has 1 saturated carbocycles. The van der Waals surface area contributed by atoms with Crippen LogP contribution in [0, 0.1) is 12.3 Å². The molecule has 9 heteroatoms. The van der Waals surface area contributed by atoms with E-state index in [1.807, 2.05) is 45.9 Å². The topological polar surface area (TPSA) is 108 Å². The van der Waals surface area contributed by atoms with Gasteiger partial charge in [0.15, 0.2) is 5.78 Å². The molecule has 2 aromatic rings. The van der Waals surface area contributed by atoms with Crippen LogP contribution in [0.4, 0.5) is 21.9 Å². The zero-order valence-corrected chi connectivity index (χ0v) is 26.6. The molecule has 1 heterocycles. The number of aryl methyl sites for hydroxylation is 1. The van der Waals surface area contributed by atoms with Crippen LogP contribution >= 0.6 is 0 Å². The van der Waals surface area contributed by atoms with E-state index >= 15 is 0 Å². The highest BCUT2D eigenvalue weighted by atomic mass is 16.6. The number of carbonyl (C=O) groups is 4. The van der Waals surface area contributed by atoms with Crippen molar-refractivity contribution >= 4 is 40.8 Å². The number of nitrogens with zero attached hydrogens (tertiary/aromatic N) is 2. The summed E-state index contributed by atoms with van der Waals surface area (Å²) in [6.07, 6.45) is 5.42. The number of ether oxygens (including phenoxy) is 1. The van der Waals surface area contributed by atoms with Gasteiger partial charge < -0.3 is 25.2 Å². The second-order valence-corrected chi connectivity index (χ2v) is 13.8. The Labute approximate surface area is 255 Å². The van der Waals surface area contributed by atoms with Crippen LogP contribution in [0.25, 0.3) is 0 Å². The average Bonchev–Trinajstić information content (AvgIpc) is 3.03. The lowest BCUT2D eigenvalue weighted by Gasteiger charge is -2.37. The highest BCUT2D eigenvalue weighted by Crippen LogP contribution is 2.38. The molecule has 0 saturated heterocycles. The quantitative estimate of drug-likeness (QED) is 0.386. The molecule has 0 bridgehead atoms. The average molecular weight is 591 g/mol. The first kappa shape index (κ1) is 32.0. The molecule has 1 atom stereocenters. The minimum Gasteiger partial charge on any atom is -0.456 e. The van der Waals surface area contributed by atoms with E-state index in [4.69, 9.17) is 4.74 Å². The van der Waals surface area contributed by atoms with Gasteiger partial charge in [0.05, 0.1) is 23.5 Å². The Hall–Kier alpha value is -3.88. The fourth-order valence-electron chi connectivity index (χ4n) is 5.51. The molecule has 1 fully saturated rings. The summed E-state index contributed by atoms with van der Waals surface area (Å²) < 4.78 is 5.41. The van der Waals surface area contributed by atoms with E-state index in [1.54, 1.807) is 49.9 Å². The summed E-state index contributed by atoms with van der Waals surface area (Å²) in [4.78, 5) is 56.9. The van der Waals surface area contributed by atoms with E-state index in [0.717, 1.165) is 36.9 Å². The van der Waals surface area contributed by atoms with Crippen LogP contribution in [-0.2, 0) is 14.3 Å². The van der Waals surface area contributed by atoms with Gasteiger partial charge in [0, 0.05) is 23.7 Å². The third kappa shape index (κ3) is 8.15. The lowest BCUT2D eigenvalue weighted by atomic mass is 9.90. The zero-order chi connectivity index (χ0) is 31.5. The van der Waals surface area contributed by atoms with Gasteiger partial charge in [-0.1, -0.05) is 46.1 Å². The van der Waals surface area contributed by atoms with Crippen molar-refractivity contribution in [2.75, 3.05) is 28.2 Å². The number of rotatable bonds is 6. The van der Waals surface area contributed by atoms with Crippen molar-refractivity contribution in [3.05, 3.63) is 53.6 Å². The second-order valence-electron chi connectivity index (χ2n) is 13.8. The van der Waals surface area contributed by atoms with Gasteiger partial charge in [0.2, 0.25) is 0 Å². The van der Waals surface area contributed by atoms with E-state index in [2.05, 4.69) is 15.5 Å². The Morgan fingerprint density at radius 1 is 0.907 bits per heavy atom. The van der Waals surface area contributed by atoms with Crippen LogP contribution in [0.1, 0.15) is 89.6 Å². The number of urea groups is 1. The molecule has 2 aliphatic rings.